The number of carbonyl (C=O) groups is 2. The highest BCUT2D eigenvalue weighted by atomic mass is 16.6. The van der Waals surface area contributed by atoms with Crippen molar-refractivity contribution in [3.05, 3.63) is 35.5 Å². The summed E-state index contributed by atoms with van der Waals surface area (Å²) < 4.78 is 15.5. The van der Waals surface area contributed by atoms with Crippen LogP contribution in [0.2, 0.25) is 0 Å². The molecule has 128 valence electrons. The molecule has 2 N–H and O–H groups in total. The van der Waals surface area contributed by atoms with Crippen molar-refractivity contribution >= 4 is 23.1 Å². The van der Waals surface area contributed by atoms with E-state index >= 15 is 0 Å². The Morgan fingerprint density at radius 1 is 1.08 bits per heavy atom. The molecule has 0 aliphatic heterocycles. The van der Waals surface area contributed by atoms with Crippen LogP contribution in [0.25, 0.3) is 10.9 Å². The number of carbonyl (C=O) groups excluding carboxylic acids is 2. The number of hydrogen-bond acceptors (Lipinski definition) is 6. The Balaban J connectivity index is 2.41. The van der Waals surface area contributed by atoms with Crippen molar-refractivity contribution in [3.8, 4) is 5.75 Å². The third-order valence-electron chi connectivity index (χ3n) is 3.39. The maximum atomic E-state index is 11.4. The average Bonchev–Trinajstić information content (AvgIpc) is 2.63. The Morgan fingerprint density at radius 3 is 2.38 bits per heavy atom. The Hall–Kier alpha value is -3.03. The Labute approximate surface area is 139 Å². The summed E-state index contributed by atoms with van der Waals surface area (Å²) in [4.78, 5) is 27.0. The normalized spacial score (nSPS) is 10.1. The van der Waals surface area contributed by atoms with E-state index in [0.29, 0.717) is 16.9 Å². The second-order valence-corrected chi connectivity index (χ2v) is 4.80. The molecule has 0 radical (unpaired) electrons. The molecule has 8 nitrogen and oxygen atoms in total. The molecule has 0 bridgehead atoms. The number of aromatic nitrogens is 1. The van der Waals surface area contributed by atoms with Gasteiger partial charge in [-0.2, -0.15) is 0 Å². The van der Waals surface area contributed by atoms with E-state index in [1.165, 1.54) is 14.1 Å². The molecule has 0 fully saturated rings. The topological polar surface area (TPSA) is 98.8 Å². The molecular weight excluding hydrogens is 314 g/mol. The van der Waals surface area contributed by atoms with Gasteiger partial charge in [-0.1, -0.05) is 0 Å². The van der Waals surface area contributed by atoms with Gasteiger partial charge < -0.3 is 24.8 Å². The maximum Gasteiger partial charge on any atom is 0.407 e. The van der Waals surface area contributed by atoms with Gasteiger partial charge in [0.2, 0.25) is 0 Å². The Kier molecular flexibility index (Phi) is 5.78. The number of pyridine rings is 1. The van der Waals surface area contributed by atoms with Gasteiger partial charge >= 0.3 is 12.2 Å². The van der Waals surface area contributed by atoms with Crippen LogP contribution in [0.1, 0.15) is 11.1 Å². The number of alkyl carbamates (subject to hydrolysis) is 2. The molecule has 0 saturated carbocycles. The summed E-state index contributed by atoms with van der Waals surface area (Å²) in [6.45, 7) is 0.0184. The lowest BCUT2D eigenvalue weighted by Gasteiger charge is -2.14. The van der Waals surface area contributed by atoms with E-state index in [1.54, 1.807) is 31.5 Å². The lowest BCUT2D eigenvalue weighted by molar-refractivity contribution is 0.134. The zero-order chi connectivity index (χ0) is 17.5. The van der Waals surface area contributed by atoms with Crippen LogP contribution in [0.5, 0.6) is 5.75 Å². The summed E-state index contributed by atoms with van der Waals surface area (Å²) in [5.41, 5.74) is 2.06. The standard InChI is InChI=1S/C16H19N3O5/c1-17-15(20)23-8-10-7-19-14-5-4-11(22-3)6-12(14)13(10)9-24-16(21)18-2/h4-7H,8-9H2,1-3H3,(H,17,20)(H,18,21). The average molecular weight is 333 g/mol. The van der Waals surface area contributed by atoms with Gasteiger partial charge in [0.05, 0.1) is 12.6 Å². The molecule has 8 heteroatoms. The smallest absolute Gasteiger partial charge is 0.407 e. The molecule has 0 unspecified atom stereocenters. The van der Waals surface area contributed by atoms with Crippen LogP contribution >= 0.6 is 0 Å². The molecule has 2 rings (SSSR count). The molecule has 1 heterocycles. The summed E-state index contributed by atoms with van der Waals surface area (Å²) in [5.74, 6) is 0.648. The number of hydrogen-bond donors (Lipinski definition) is 2. The van der Waals surface area contributed by atoms with E-state index in [2.05, 4.69) is 15.6 Å². The minimum atomic E-state index is -0.557. The van der Waals surface area contributed by atoms with Crippen LogP contribution in [0.15, 0.2) is 24.4 Å². The van der Waals surface area contributed by atoms with Gasteiger partial charge in [-0.3, -0.25) is 4.98 Å². The largest absolute Gasteiger partial charge is 0.497 e. The number of nitrogens with one attached hydrogen (secondary N) is 2. The van der Waals surface area contributed by atoms with Gasteiger partial charge in [0, 0.05) is 36.8 Å². The number of amides is 2. The van der Waals surface area contributed by atoms with Crippen molar-refractivity contribution in [1.82, 2.24) is 15.6 Å². The van der Waals surface area contributed by atoms with Crippen LogP contribution in [0.4, 0.5) is 9.59 Å². The molecule has 1 aromatic heterocycles. The van der Waals surface area contributed by atoms with Crippen LogP contribution in [-0.4, -0.2) is 38.4 Å². The fourth-order valence-corrected chi connectivity index (χ4v) is 2.11. The number of rotatable bonds is 5. The van der Waals surface area contributed by atoms with Gasteiger partial charge in [-0.05, 0) is 18.2 Å². The predicted molar refractivity (Wildman–Crippen MR) is 86.8 cm³/mol. The summed E-state index contributed by atoms with van der Waals surface area (Å²) in [5, 5.41) is 5.52. The highest BCUT2D eigenvalue weighted by Crippen LogP contribution is 2.26. The van der Waals surface area contributed by atoms with Gasteiger partial charge in [0.25, 0.3) is 0 Å². The zero-order valence-corrected chi connectivity index (χ0v) is 13.7. The van der Waals surface area contributed by atoms with Gasteiger partial charge in [0.1, 0.15) is 19.0 Å². The molecule has 2 aromatic rings. The minimum absolute atomic E-state index is 0.00621. The van der Waals surface area contributed by atoms with Gasteiger partial charge in [0.15, 0.2) is 0 Å². The minimum Gasteiger partial charge on any atom is -0.497 e. The van der Waals surface area contributed by atoms with E-state index < -0.39 is 12.2 Å². The first-order chi connectivity index (χ1) is 11.6. The molecule has 0 spiro atoms. The lowest BCUT2D eigenvalue weighted by Crippen LogP contribution is -2.21. The van der Waals surface area contributed by atoms with Crippen molar-refractivity contribution in [2.24, 2.45) is 0 Å². The van der Waals surface area contributed by atoms with E-state index in [4.69, 9.17) is 14.2 Å². The highest BCUT2D eigenvalue weighted by Gasteiger charge is 2.13. The van der Waals surface area contributed by atoms with Gasteiger partial charge in [-0.25, -0.2) is 9.59 Å². The first-order valence-corrected chi connectivity index (χ1v) is 7.22. The fraction of sp³-hybridized carbons (Fsp3) is 0.312. The number of nitrogens with zero attached hydrogens (tertiary/aromatic N) is 1. The van der Waals surface area contributed by atoms with E-state index in [0.717, 1.165) is 10.9 Å². The Bertz CT molecular complexity index is 748. The van der Waals surface area contributed by atoms with Crippen LogP contribution in [0, 0.1) is 0 Å². The number of ether oxygens (including phenoxy) is 3. The second kappa shape index (κ2) is 8.00. The van der Waals surface area contributed by atoms with Crippen molar-refractivity contribution < 1.29 is 23.8 Å². The van der Waals surface area contributed by atoms with Crippen molar-refractivity contribution in [3.63, 3.8) is 0 Å². The summed E-state index contributed by atoms with van der Waals surface area (Å²) >= 11 is 0. The number of fused-ring (bicyclic) bond motifs is 1. The third-order valence-corrected chi connectivity index (χ3v) is 3.39. The molecular formula is C16H19N3O5. The Morgan fingerprint density at radius 2 is 1.75 bits per heavy atom. The van der Waals surface area contributed by atoms with Crippen LogP contribution < -0.4 is 15.4 Å². The number of methoxy groups -OCH3 is 1. The van der Waals surface area contributed by atoms with E-state index in [9.17, 15) is 9.59 Å². The molecule has 24 heavy (non-hydrogen) atoms. The van der Waals surface area contributed by atoms with E-state index in [-0.39, 0.29) is 13.2 Å². The van der Waals surface area contributed by atoms with Crippen molar-refractivity contribution in [2.45, 2.75) is 13.2 Å². The SMILES string of the molecule is CNC(=O)OCc1cnc2ccc(OC)cc2c1COC(=O)NC. The summed E-state index contributed by atoms with van der Waals surface area (Å²) in [6, 6.07) is 5.40. The quantitative estimate of drug-likeness (QED) is 0.868. The molecule has 0 aliphatic carbocycles. The molecule has 0 aliphatic rings. The van der Waals surface area contributed by atoms with Gasteiger partial charge in [-0.15, -0.1) is 0 Å². The first-order valence-electron chi connectivity index (χ1n) is 7.22. The molecule has 0 saturated heterocycles. The van der Waals surface area contributed by atoms with Crippen LogP contribution in [0.3, 0.4) is 0 Å². The summed E-state index contributed by atoms with van der Waals surface area (Å²) in [7, 11) is 4.51. The van der Waals surface area contributed by atoms with Crippen LogP contribution in [-0.2, 0) is 22.7 Å². The predicted octanol–water partition coefficient (Wildman–Crippen LogP) is 1.96. The molecule has 0 atom stereocenters. The van der Waals surface area contributed by atoms with E-state index in [1.807, 2.05) is 0 Å². The van der Waals surface area contributed by atoms with Crippen molar-refractivity contribution in [1.29, 1.82) is 0 Å². The maximum absolute atomic E-state index is 11.4. The summed E-state index contributed by atoms with van der Waals surface area (Å²) in [6.07, 6.45) is 0.486. The lowest BCUT2D eigenvalue weighted by atomic mass is 10.0. The fourth-order valence-electron chi connectivity index (χ4n) is 2.11. The molecule has 1 aromatic carbocycles. The first kappa shape index (κ1) is 17.3. The second-order valence-electron chi connectivity index (χ2n) is 4.80. The molecule has 2 amide bonds. The monoisotopic (exact) mass is 333 g/mol. The third kappa shape index (κ3) is 4.03. The highest BCUT2D eigenvalue weighted by molar-refractivity contribution is 5.84. The van der Waals surface area contributed by atoms with Crippen molar-refractivity contribution in [2.75, 3.05) is 21.2 Å². The zero-order valence-electron chi connectivity index (χ0n) is 13.7. The number of benzene rings is 1.